The van der Waals surface area contributed by atoms with E-state index >= 15 is 0 Å². The number of aryl methyl sites for hydroxylation is 1. The van der Waals surface area contributed by atoms with Gasteiger partial charge in [-0.2, -0.15) is 0 Å². The van der Waals surface area contributed by atoms with Crippen molar-refractivity contribution < 1.29 is 0 Å². The molecule has 5 nitrogen and oxygen atoms in total. The van der Waals surface area contributed by atoms with E-state index in [1.807, 2.05) is 35.9 Å². The second-order valence-corrected chi connectivity index (χ2v) is 7.58. The summed E-state index contributed by atoms with van der Waals surface area (Å²) in [5.74, 6) is 0.615. The number of benzene rings is 1. The Morgan fingerprint density at radius 1 is 1.30 bits per heavy atom. The van der Waals surface area contributed by atoms with Crippen molar-refractivity contribution in [1.82, 2.24) is 18.9 Å². The van der Waals surface area contributed by atoms with Gasteiger partial charge in [0, 0.05) is 29.7 Å². The summed E-state index contributed by atoms with van der Waals surface area (Å²) in [5.41, 5.74) is 3.52. The summed E-state index contributed by atoms with van der Waals surface area (Å²) in [6.07, 6.45) is 5.68. The Balaban J connectivity index is 1.72. The minimum absolute atomic E-state index is 0.115. The number of imidazole rings is 1. The molecule has 0 bridgehead atoms. The van der Waals surface area contributed by atoms with E-state index in [0.717, 1.165) is 16.9 Å². The lowest BCUT2D eigenvalue weighted by molar-refractivity contribution is 0.671. The standard InChI is InChI=1S/C20H17ClN4OS/c1-3-8-25-19(26)16-10-14(21)6-7-17(16)23-20(25)27-12-15-11-24-9-4-5-13(2)18(24)22-15/h3-7,9-11H,1,8,12H2,2H3. The van der Waals surface area contributed by atoms with Crippen LogP contribution in [0.2, 0.25) is 5.02 Å². The number of nitrogens with zero attached hydrogens (tertiary/aromatic N) is 4. The maximum Gasteiger partial charge on any atom is 0.262 e. The molecule has 0 radical (unpaired) electrons. The molecule has 3 aromatic heterocycles. The number of rotatable bonds is 5. The van der Waals surface area contributed by atoms with Gasteiger partial charge >= 0.3 is 0 Å². The number of hydrogen-bond donors (Lipinski definition) is 0. The van der Waals surface area contributed by atoms with Gasteiger partial charge in [-0.25, -0.2) is 9.97 Å². The monoisotopic (exact) mass is 396 g/mol. The third-order valence-electron chi connectivity index (χ3n) is 4.27. The zero-order valence-corrected chi connectivity index (χ0v) is 16.3. The fraction of sp³-hybridized carbons (Fsp3) is 0.150. The summed E-state index contributed by atoms with van der Waals surface area (Å²) in [6, 6.07) is 9.21. The molecule has 0 atom stereocenters. The maximum atomic E-state index is 12.9. The third-order valence-corrected chi connectivity index (χ3v) is 5.51. The molecule has 1 aromatic carbocycles. The fourth-order valence-corrected chi connectivity index (χ4v) is 4.05. The van der Waals surface area contributed by atoms with Crippen LogP contribution < -0.4 is 5.56 Å². The van der Waals surface area contributed by atoms with Gasteiger partial charge in [-0.3, -0.25) is 9.36 Å². The van der Waals surface area contributed by atoms with E-state index in [4.69, 9.17) is 11.6 Å². The third kappa shape index (κ3) is 3.38. The van der Waals surface area contributed by atoms with E-state index in [-0.39, 0.29) is 5.56 Å². The van der Waals surface area contributed by atoms with Crippen LogP contribution in [-0.4, -0.2) is 18.9 Å². The van der Waals surface area contributed by atoms with Crippen LogP contribution in [0.25, 0.3) is 16.6 Å². The Labute approximate surface area is 165 Å². The summed E-state index contributed by atoms with van der Waals surface area (Å²) in [4.78, 5) is 22.2. The molecule has 0 amide bonds. The number of allylic oxidation sites excluding steroid dienone is 1. The van der Waals surface area contributed by atoms with E-state index < -0.39 is 0 Å². The van der Waals surface area contributed by atoms with Crippen LogP contribution in [-0.2, 0) is 12.3 Å². The second-order valence-electron chi connectivity index (χ2n) is 6.20. The lowest BCUT2D eigenvalue weighted by Crippen LogP contribution is -2.22. The van der Waals surface area contributed by atoms with Crippen molar-refractivity contribution in [2.75, 3.05) is 0 Å². The molecule has 0 saturated carbocycles. The van der Waals surface area contributed by atoms with E-state index in [2.05, 4.69) is 16.5 Å². The van der Waals surface area contributed by atoms with Crippen molar-refractivity contribution in [2.24, 2.45) is 0 Å². The number of aromatic nitrogens is 4. The van der Waals surface area contributed by atoms with Gasteiger partial charge in [0.1, 0.15) is 5.65 Å². The Morgan fingerprint density at radius 3 is 2.93 bits per heavy atom. The second kappa shape index (κ2) is 7.21. The Morgan fingerprint density at radius 2 is 2.15 bits per heavy atom. The smallest absolute Gasteiger partial charge is 0.262 e. The molecule has 7 heteroatoms. The Kier molecular flexibility index (Phi) is 4.76. The Bertz CT molecular complexity index is 1230. The van der Waals surface area contributed by atoms with E-state index in [9.17, 15) is 4.79 Å². The highest BCUT2D eigenvalue weighted by Gasteiger charge is 2.13. The summed E-state index contributed by atoms with van der Waals surface area (Å²) in [5, 5.41) is 1.67. The number of hydrogen-bond acceptors (Lipinski definition) is 4. The number of fused-ring (bicyclic) bond motifs is 2. The van der Waals surface area contributed by atoms with Gasteiger partial charge in [0.2, 0.25) is 0 Å². The van der Waals surface area contributed by atoms with Gasteiger partial charge in [-0.1, -0.05) is 35.5 Å². The first kappa shape index (κ1) is 17.8. The molecular formula is C20H17ClN4OS. The first-order valence-electron chi connectivity index (χ1n) is 8.44. The van der Waals surface area contributed by atoms with E-state index in [1.54, 1.807) is 28.8 Å². The van der Waals surface area contributed by atoms with Crippen molar-refractivity contribution >= 4 is 39.9 Å². The zero-order valence-electron chi connectivity index (χ0n) is 14.7. The topological polar surface area (TPSA) is 52.2 Å². The van der Waals surface area contributed by atoms with Gasteiger partial charge in [-0.05, 0) is 36.8 Å². The van der Waals surface area contributed by atoms with Gasteiger partial charge in [-0.15, -0.1) is 6.58 Å². The molecule has 136 valence electrons. The number of halogens is 1. The van der Waals surface area contributed by atoms with E-state index in [0.29, 0.717) is 33.4 Å². The summed E-state index contributed by atoms with van der Waals surface area (Å²) >= 11 is 7.53. The van der Waals surface area contributed by atoms with Gasteiger partial charge in [0.15, 0.2) is 5.16 Å². The molecule has 0 unspecified atom stereocenters. The molecule has 4 aromatic rings. The average molecular weight is 397 g/mol. The molecule has 0 saturated heterocycles. The highest BCUT2D eigenvalue weighted by atomic mass is 35.5. The minimum atomic E-state index is -0.115. The molecule has 0 N–H and O–H groups in total. The van der Waals surface area contributed by atoms with E-state index in [1.165, 1.54) is 11.8 Å². The first-order chi connectivity index (χ1) is 13.1. The maximum absolute atomic E-state index is 12.9. The SMILES string of the molecule is C=CCn1c(SCc2cn3cccc(C)c3n2)nc2ccc(Cl)cc2c1=O. The summed E-state index contributed by atoms with van der Waals surface area (Å²) < 4.78 is 3.63. The van der Waals surface area contributed by atoms with Gasteiger partial charge < -0.3 is 4.40 Å². The summed E-state index contributed by atoms with van der Waals surface area (Å²) in [7, 11) is 0. The largest absolute Gasteiger partial charge is 0.307 e. The van der Waals surface area contributed by atoms with Crippen molar-refractivity contribution in [1.29, 1.82) is 0 Å². The number of pyridine rings is 1. The van der Waals surface area contributed by atoms with Crippen LogP contribution in [0.4, 0.5) is 0 Å². The molecule has 0 spiro atoms. The molecule has 4 rings (SSSR count). The zero-order chi connectivity index (χ0) is 19.0. The molecular weight excluding hydrogens is 380 g/mol. The van der Waals surface area contributed by atoms with Gasteiger partial charge in [0.05, 0.1) is 16.6 Å². The molecule has 0 aliphatic carbocycles. The average Bonchev–Trinajstić information content (AvgIpc) is 3.08. The molecule has 0 fully saturated rings. The van der Waals surface area contributed by atoms with Crippen molar-refractivity contribution in [2.45, 2.75) is 24.4 Å². The van der Waals surface area contributed by atoms with Crippen molar-refractivity contribution in [3.05, 3.63) is 82.0 Å². The highest BCUT2D eigenvalue weighted by molar-refractivity contribution is 7.98. The molecule has 3 heterocycles. The number of thioether (sulfide) groups is 1. The van der Waals surface area contributed by atoms with Crippen LogP contribution in [0.15, 0.2) is 65.3 Å². The lowest BCUT2D eigenvalue weighted by Gasteiger charge is -2.11. The molecule has 27 heavy (non-hydrogen) atoms. The van der Waals surface area contributed by atoms with Crippen molar-refractivity contribution in [3.63, 3.8) is 0 Å². The lowest BCUT2D eigenvalue weighted by atomic mass is 10.2. The highest BCUT2D eigenvalue weighted by Crippen LogP contribution is 2.24. The fourth-order valence-electron chi connectivity index (χ4n) is 2.99. The normalized spacial score (nSPS) is 11.3. The van der Waals surface area contributed by atoms with Crippen LogP contribution in [0, 0.1) is 6.92 Å². The Hall–Kier alpha value is -2.57. The molecule has 0 aliphatic rings. The van der Waals surface area contributed by atoms with Crippen LogP contribution in [0.1, 0.15) is 11.3 Å². The van der Waals surface area contributed by atoms with Gasteiger partial charge in [0.25, 0.3) is 5.56 Å². The predicted octanol–water partition coefficient (Wildman–Crippen LogP) is 4.48. The van der Waals surface area contributed by atoms with Crippen molar-refractivity contribution in [3.8, 4) is 0 Å². The van der Waals surface area contributed by atoms with Crippen LogP contribution >= 0.6 is 23.4 Å². The van der Waals surface area contributed by atoms with Crippen LogP contribution in [0.3, 0.4) is 0 Å². The molecule has 0 aliphatic heterocycles. The predicted molar refractivity (Wildman–Crippen MR) is 111 cm³/mol. The van der Waals surface area contributed by atoms with Crippen LogP contribution in [0.5, 0.6) is 0 Å². The summed E-state index contributed by atoms with van der Waals surface area (Å²) in [6.45, 7) is 6.18. The quantitative estimate of drug-likeness (QED) is 0.283. The first-order valence-corrected chi connectivity index (χ1v) is 9.80. The minimum Gasteiger partial charge on any atom is -0.307 e.